The minimum atomic E-state index is -0.188. The number of amides is 1. The molecule has 1 fully saturated rings. The van der Waals surface area contributed by atoms with Crippen molar-refractivity contribution in [3.63, 3.8) is 0 Å². The van der Waals surface area contributed by atoms with E-state index in [1.54, 1.807) is 17.6 Å². The second-order valence-corrected chi connectivity index (χ2v) is 7.64. The third-order valence-electron chi connectivity index (χ3n) is 4.54. The maximum atomic E-state index is 12.1. The largest absolute Gasteiger partial charge is 0.378 e. The molecule has 4 rings (SSSR count). The molecule has 8 heteroatoms. The Bertz CT molecular complexity index is 982. The lowest BCUT2D eigenvalue weighted by atomic mass is 10.2. The lowest BCUT2D eigenvalue weighted by Gasteiger charge is -2.26. The maximum absolute atomic E-state index is 12.1. The fourth-order valence-corrected chi connectivity index (χ4v) is 3.88. The molecular weight excluding hydrogens is 398 g/mol. The zero-order chi connectivity index (χ0) is 20.6. The van der Waals surface area contributed by atoms with Crippen LogP contribution in [0.5, 0.6) is 0 Å². The van der Waals surface area contributed by atoms with E-state index < -0.39 is 0 Å². The van der Waals surface area contributed by atoms with Crippen molar-refractivity contribution in [3.05, 3.63) is 71.2 Å². The van der Waals surface area contributed by atoms with Gasteiger partial charge in [-0.05, 0) is 29.8 Å². The monoisotopic (exact) mass is 421 g/mol. The molecule has 2 N–H and O–H groups in total. The first-order chi connectivity index (χ1) is 14.8. The van der Waals surface area contributed by atoms with Gasteiger partial charge >= 0.3 is 0 Å². The molecule has 1 saturated heterocycles. The van der Waals surface area contributed by atoms with Crippen molar-refractivity contribution in [3.8, 4) is 0 Å². The first kappa shape index (κ1) is 20.1. The number of thiazole rings is 1. The van der Waals surface area contributed by atoms with Crippen molar-refractivity contribution in [1.82, 2.24) is 10.4 Å². The second kappa shape index (κ2) is 10.00. The number of nitrogens with one attached hydrogen (secondary N) is 2. The van der Waals surface area contributed by atoms with Crippen LogP contribution in [0, 0.1) is 0 Å². The molecule has 0 unspecified atom stereocenters. The molecule has 0 spiro atoms. The Morgan fingerprint density at radius 2 is 1.83 bits per heavy atom. The Morgan fingerprint density at radius 3 is 2.60 bits per heavy atom. The average Bonchev–Trinajstić information content (AvgIpc) is 3.25. The number of aromatic nitrogens is 1. The molecule has 1 aliphatic heterocycles. The zero-order valence-corrected chi connectivity index (χ0v) is 17.3. The minimum absolute atomic E-state index is 0.188. The Labute approximate surface area is 179 Å². The van der Waals surface area contributed by atoms with E-state index in [2.05, 4.69) is 25.7 Å². The van der Waals surface area contributed by atoms with Crippen molar-refractivity contribution in [1.29, 1.82) is 0 Å². The summed E-state index contributed by atoms with van der Waals surface area (Å²) in [5.41, 5.74) is 6.24. The summed E-state index contributed by atoms with van der Waals surface area (Å²) < 4.78 is 5.36. The number of nitrogens with zero attached hydrogens (tertiary/aromatic N) is 3. The van der Waals surface area contributed by atoms with Gasteiger partial charge in [-0.1, -0.05) is 30.3 Å². The SMILES string of the molecule is O=C(Cc1csc(N2CCOCC2)n1)N/N=C\c1ccc(Nc2ccccc2)cc1. The van der Waals surface area contributed by atoms with Crippen LogP contribution >= 0.6 is 11.3 Å². The second-order valence-electron chi connectivity index (χ2n) is 6.80. The summed E-state index contributed by atoms with van der Waals surface area (Å²) in [5, 5.41) is 10.2. The van der Waals surface area contributed by atoms with Crippen molar-refractivity contribution in [2.45, 2.75) is 6.42 Å². The van der Waals surface area contributed by atoms with E-state index in [4.69, 9.17) is 4.74 Å². The Hall–Kier alpha value is -3.23. The molecule has 3 aromatic rings. The molecule has 1 aromatic heterocycles. The van der Waals surface area contributed by atoms with Gasteiger partial charge in [-0.3, -0.25) is 4.79 Å². The lowest BCUT2D eigenvalue weighted by Crippen LogP contribution is -2.36. The van der Waals surface area contributed by atoms with E-state index in [1.165, 1.54) is 0 Å². The van der Waals surface area contributed by atoms with E-state index in [0.717, 1.165) is 40.9 Å². The smallest absolute Gasteiger partial charge is 0.246 e. The highest BCUT2D eigenvalue weighted by Gasteiger charge is 2.15. The Kier molecular flexibility index (Phi) is 6.68. The topological polar surface area (TPSA) is 78.9 Å². The molecule has 0 aliphatic carbocycles. The van der Waals surface area contributed by atoms with Crippen molar-refractivity contribution in [2.75, 3.05) is 36.5 Å². The molecule has 7 nitrogen and oxygen atoms in total. The molecule has 2 aromatic carbocycles. The number of hydrazone groups is 1. The normalized spacial score (nSPS) is 14.1. The van der Waals surface area contributed by atoms with Crippen LogP contribution in [-0.4, -0.2) is 43.4 Å². The third kappa shape index (κ3) is 5.65. The van der Waals surface area contributed by atoms with Gasteiger partial charge in [0.25, 0.3) is 0 Å². The van der Waals surface area contributed by atoms with Crippen molar-refractivity contribution >= 4 is 40.0 Å². The number of carbonyl (C=O) groups excluding carboxylic acids is 1. The summed E-state index contributed by atoms with van der Waals surface area (Å²) in [4.78, 5) is 18.9. The van der Waals surface area contributed by atoms with Crippen LogP contribution in [0.15, 0.2) is 65.1 Å². The highest BCUT2D eigenvalue weighted by Crippen LogP contribution is 2.21. The van der Waals surface area contributed by atoms with Gasteiger partial charge in [0, 0.05) is 29.8 Å². The third-order valence-corrected chi connectivity index (χ3v) is 5.49. The highest BCUT2D eigenvalue weighted by molar-refractivity contribution is 7.13. The van der Waals surface area contributed by atoms with Crippen LogP contribution in [0.1, 0.15) is 11.3 Å². The molecule has 0 saturated carbocycles. The minimum Gasteiger partial charge on any atom is -0.378 e. The number of hydrogen-bond donors (Lipinski definition) is 2. The Morgan fingerprint density at radius 1 is 1.10 bits per heavy atom. The molecule has 30 heavy (non-hydrogen) atoms. The van der Waals surface area contributed by atoms with Gasteiger partial charge in [-0.2, -0.15) is 5.10 Å². The van der Waals surface area contributed by atoms with Crippen LogP contribution < -0.4 is 15.6 Å². The van der Waals surface area contributed by atoms with Crippen LogP contribution in [0.4, 0.5) is 16.5 Å². The number of ether oxygens (including phenoxy) is 1. The summed E-state index contributed by atoms with van der Waals surface area (Å²) in [6.07, 6.45) is 1.84. The van der Waals surface area contributed by atoms with Gasteiger partial charge in [0.05, 0.1) is 31.5 Å². The van der Waals surface area contributed by atoms with E-state index >= 15 is 0 Å². The fourth-order valence-electron chi connectivity index (χ4n) is 3.00. The number of para-hydroxylation sites is 1. The van der Waals surface area contributed by atoms with Gasteiger partial charge in [-0.25, -0.2) is 10.4 Å². The van der Waals surface area contributed by atoms with Crippen LogP contribution in [-0.2, 0) is 16.0 Å². The Balaban J connectivity index is 1.25. The van der Waals surface area contributed by atoms with E-state index in [9.17, 15) is 4.79 Å². The quantitative estimate of drug-likeness (QED) is 0.451. The summed E-state index contributed by atoms with van der Waals surface area (Å²) in [7, 11) is 0. The zero-order valence-electron chi connectivity index (χ0n) is 16.5. The number of morpholine rings is 1. The maximum Gasteiger partial charge on any atom is 0.246 e. The fraction of sp³-hybridized carbons (Fsp3) is 0.227. The van der Waals surface area contributed by atoms with E-state index in [1.807, 2.05) is 60.0 Å². The number of rotatable bonds is 7. The van der Waals surface area contributed by atoms with Crippen LogP contribution in [0.2, 0.25) is 0 Å². The van der Waals surface area contributed by atoms with Gasteiger partial charge in [0.2, 0.25) is 5.91 Å². The van der Waals surface area contributed by atoms with Gasteiger partial charge in [0.15, 0.2) is 5.13 Å². The molecule has 0 bridgehead atoms. The predicted octanol–water partition coefficient (Wildman–Crippen LogP) is 3.42. The molecular formula is C22H23N5O2S. The molecule has 1 aliphatic rings. The molecule has 1 amide bonds. The van der Waals surface area contributed by atoms with Gasteiger partial charge < -0.3 is 15.0 Å². The van der Waals surface area contributed by atoms with Crippen LogP contribution in [0.25, 0.3) is 0 Å². The standard InChI is InChI=1S/C22H23N5O2S/c28-21(14-20-16-30-22(25-20)27-10-12-29-13-11-27)26-23-15-17-6-8-19(9-7-17)24-18-4-2-1-3-5-18/h1-9,15-16,24H,10-14H2,(H,26,28)/b23-15-. The molecule has 154 valence electrons. The van der Waals surface area contributed by atoms with Gasteiger partial charge in [0.1, 0.15) is 0 Å². The van der Waals surface area contributed by atoms with Crippen molar-refractivity contribution in [2.24, 2.45) is 5.10 Å². The molecule has 0 radical (unpaired) electrons. The van der Waals surface area contributed by atoms with Gasteiger partial charge in [-0.15, -0.1) is 11.3 Å². The summed E-state index contributed by atoms with van der Waals surface area (Å²) >= 11 is 1.56. The number of benzene rings is 2. The van der Waals surface area contributed by atoms with E-state index in [-0.39, 0.29) is 12.3 Å². The highest BCUT2D eigenvalue weighted by atomic mass is 32.1. The average molecular weight is 422 g/mol. The summed E-state index contributed by atoms with van der Waals surface area (Å²) in [6.45, 7) is 3.10. The lowest BCUT2D eigenvalue weighted by molar-refractivity contribution is -0.120. The summed E-state index contributed by atoms with van der Waals surface area (Å²) in [6, 6.07) is 17.8. The number of anilines is 3. The first-order valence-electron chi connectivity index (χ1n) is 9.77. The number of carbonyl (C=O) groups is 1. The van der Waals surface area contributed by atoms with E-state index in [0.29, 0.717) is 13.2 Å². The van der Waals surface area contributed by atoms with Crippen LogP contribution in [0.3, 0.4) is 0 Å². The first-order valence-corrected chi connectivity index (χ1v) is 10.7. The predicted molar refractivity (Wildman–Crippen MR) is 121 cm³/mol. The summed E-state index contributed by atoms with van der Waals surface area (Å²) in [5.74, 6) is -0.188. The molecule has 0 atom stereocenters. The molecule has 2 heterocycles. The van der Waals surface area contributed by atoms with Crippen molar-refractivity contribution < 1.29 is 9.53 Å². The number of hydrogen-bond acceptors (Lipinski definition) is 7.